The number of halogens is 1. The summed E-state index contributed by atoms with van der Waals surface area (Å²) in [6, 6.07) is 33.4. The number of thioether (sulfide) groups is 1. The van der Waals surface area contributed by atoms with Crippen LogP contribution in [-0.2, 0) is 11.3 Å². The lowest BCUT2D eigenvalue weighted by Crippen LogP contribution is -2.28. The molecule has 7 heteroatoms. The lowest BCUT2D eigenvalue weighted by molar-refractivity contribution is -0.122. The zero-order valence-corrected chi connectivity index (χ0v) is 22.4. The number of rotatable bonds is 7. The first-order valence-electron chi connectivity index (χ1n) is 11.6. The van der Waals surface area contributed by atoms with Crippen LogP contribution in [0.4, 0.5) is 5.69 Å². The third-order valence-corrected chi connectivity index (χ3v) is 7.87. The van der Waals surface area contributed by atoms with Crippen molar-refractivity contribution in [3.8, 4) is 5.75 Å². The third-order valence-electron chi connectivity index (χ3n) is 5.60. The summed E-state index contributed by atoms with van der Waals surface area (Å²) >= 11 is 9.05. The van der Waals surface area contributed by atoms with E-state index in [1.165, 1.54) is 11.8 Å². The number of methoxy groups -OCH3 is 1. The number of benzene rings is 4. The maximum Gasteiger partial charge on any atom is 0.267 e. The molecule has 1 amide bonds. The number of hydrogen-bond acceptors (Lipinski definition) is 5. The van der Waals surface area contributed by atoms with E-state index < -0.39 is 0 Å². The van der Waals surface area contributed by atoms with E-state index >= 15 is 0 Å². The largest absolute Gasteiger partial charge is 0.497 e. The summed E-state index contributed by atoms with van der Waals surface area (Å²) in [6.07, 6.45) is 1.93. The highest BCUT2D eigenvalue weighted by molar-refractivity contribution is 8.18. The third kappa shape index (κ3) is 6.46. The van der Waals surface area contributed by atoms with Gasteiger partial charge in [-0.3, -0.25) is 9.69 Å². The van der Waals surface area contributed by atoms with Gasteiger partial charge in [-0.25, -0.2) is 4.99 Å². The van der Waals surface area contributed by atoms with Crippen LogP contribution in [0.2, 0.25) is 5.02 Å². The van der Waals surface area contributed by atoms with E-state index in [1.807, 2.05) is 97.1 Å². The Hall–Kier alpha value is -3.45. The molecule has 0 N–H and O–H groups in total. The summed E-state index contributed by atoms with van der Waals surface area (Å²) in [5, 5.41) is 1.38. The van der Waals surface area contributed by atoms with Crippen molar-refractivity contribution in [2.45, 2.75) is 16.3 Å². The van der Waals surface area contributed by atoms with Crippen molar-refractivity contribution in [3.63, 3.8) is 0 Å². The van der Waals surface area contributed by atoms with Crippen LogP contribution in [0.5, 0.6) is 5.75 Å². The molecule has 0 aromatic heterocycles. The summed E-state index contributed by atoms with van der Waals surface area (Å²) in [7, 11) is 1.64. The van der Waals surface area contributed by atoms with E-state index in [9.17, 15) is 4.79 Å². The van der Waals surface area contributed by atoms with Crippen molar-refractivity contribution in [3.05, 3.63) is 124 Å². The Kier molecular flexibility index (Phi) is 7.99. The molecule has 1 aliphatic heterocycles. The van der Waals surface area contributed by atoms with E-state index in [4.69, 9.17) is 21.3 Å². The molecule has 0 unspecified atom stereocenters. The molecule has 4 aromatic carbocycles. The molecule has 0 aliphatic carbocycles. The smallest absolute Gasteiger partial charge is 0.267 e. The molecule has 1 aliphatic rings. The molecule has 1 heterocycles. The number of carbonyl (C=O) groups is 1. The van der Waals surface area contributed by atoms with E-state index in [1.54, 1.807) is 23.8 Å². The van der Waals surface area contributed by atoms with Crippen LogP contribution in [0.3, 0.4) is 0 Å². The minimum absolute atomic E-state index is 0.0601. The molecule has 4 nitrogen and oxygen atoms in total. The molecule has 184 valence electrons. The maximum absolute atomic E-state index is 13.5. The lowest BCUT2D eigenvalue weighted by atomic mass is 10.2. The average molecular weight is 543 g/mol. The second kappa shape index (κ2) is 11.7. The van der Waals surface area contributed by atoms with Gasteiger partial charge in [0.25, 0.3) is 5.91 Å². The highest BCUT2D eigenvalue weighted by Crippen LogP contribution is 2.36. The quantitative estimate of drug-likeness (QED) is 0.220. The first-order chi connectivity index (χ1) is 18.1. The summed E-state index contributed by atoms with van der Waals surface area (Å²) in [6.45, 7) is 0.426. The van der Waals surface area contributed by atoms with Crippen LogP contribution in [0.25, 0.3) is 6.08 Å². The molecule has 0 spiro atoms. The van der Waals surface area contributed by atoms with Crippen LogP contribution in [0.15, 0.2) is 123 Å². The standard InChI is InChI=1S/C30H23ClN2O2S2/c1-35-25-13-7-22(8-14-25)20-33-29(34)28(37-30(33)32-24-5-3-2-4-6-24)19-21-9-15-26(16-10-21)36-27-17-11-23(31)12-18-27/h2-19H,20H2,1H3/b28-19-,32-30?. The van der Waals surface area contributed by atoms with Crippen LogP contribution < -0.4 is 4.74 Å². The number of hydrogen-bond donors (Lipinski definition) is 0. The van der Waals surface area contributed by atoms with Gasteiger partial charge in [0.05, 0.1) is 24.2 Å². The maximum atomic E-state index is 13.5. The van der Waals surface area contributed by atoms with Crippen molar-refractivity contribution in [1.29, 1.82) is 0 Å². The molecule has 37 heavy (non-hydrogen) atoms. The average Bonchev–Trinajstić information content (AvgIpc) is 3.21. The number of ether oxygens (including phenoxy) is 1. The number of amides is 1. The first kappa shape index (κ1) is 25.2. The summed E-state index contributed by atoms with van der Waals surface area (Å²) in [4.78, 5) is 22.9. The zero-order valence-electron chi connectivity index (χ0n) is 20.0. The van der Waals surface area contributed by atoms with Gasteiger partial charge in [-0.1, -0.05) is 65.8 Å². The van der Waals surface area contributed by atoms with Crippen LogP contribution in [-0.4, -0.2) is 23.1 Å². The minimum atomic E-state index is -0.0601. The van der Waals surface area contributed by atoms with Crippen molar-refractivity contribution < 1.29 is 9.53 Å². The number of nitrogens with zero attached hydrogens (tertiary/aromatic N) is 2. The monoisotopic (exact) mass is 542 g/mol. The first-order valence-corrected chi connectivity index (χ1v) is 13.6. The Morgan fingerprint density at radius 3 is 2.19 bits per heavy atom. The molecular weight excluding hydrogens is 520 g/mol. The normalized spacial score (nSPS) is 15.5. The van der Waals surface area contributed by atoms with Gasteiger partial charge >= 0.3 is 0 Å². The molecule has 0 saturated carbocycles. The van der Waals surface area contributed by atoms with Gasteiger partial charge in [0, 0.05) is 14.8 Å². The Balaban J connectivity index is 1.38. The zero-order chi connectivity index (χ0) is 25.6. The number of carbonyl (C=O) groups excluding carboxylic acids is 1. The van der Waals surface area contributed by atoms with Crippen molar-refractivity contribution in [2.75, 3.05) is 7.11 Å². The SMILES string of the molecule is COc1ccc(CN2C(=O)/C(=C/c3ccc(Sc4ccc(Cl)cc4)cc3)SC2=Nc2ccccc2)cc1. The molecule has 4 aromatic rings. The Morgan fingerprint density at radius 1 is 0.892 bits per heavy atom. The predicted octanol–water partition coefficient (Wildman–Crippen LogP) is 8.30. The van der Waals surface area contributed by atoms with Gasteiger partial charge in [0.15, 0.2) is 5.17 Å². The van der Waals surface area contributed by atoms with Gasteiger partial charge in [-0.15, -0.1) is 0 Å². The summed E-state index contributed by atoms with van der Waals surface area (Å²) < 4.78 is 5.27. The van der Waals surface area contributed by atoms with Crippen LogP contribution in [0.1, 0.15) is 11.1 Å². The fraction of sp³-hybridized carbons (Fsp3) is 0.0667. The summed E-state index contributed by atoms with van der Waals surface area (Å²) in [5.41, 5.74) is 2.77. The van der Waals surface area contributed by atoms with Crippen LogP contribution in [0, 0.1) is 0 Å². The fourth-order valence-corrected chi connectivity index (χ4v) is 5.62. The number of aliphatic imine (C=N–C) groups is 1. The Bertz CT molecular complexity index is 1440. The van der Waals surface area contributed by atoms with Crippen molar-refractivity contribution >= 4 is 58.0 Å². The minimum Gasteiger partial charge on any atom is -0.497 e. The Labute approximate surface area is 230 Å². The predicted molar refractivity (Wildman–Crippen MR) is 155 cm³/mol. The lowest BCUT2D eigenvalue weighted by Gasteiger charge is -2.16. The van der Waals surface area contributed by atoms with Gasteiger partial charge in [0.2, 0.25) is 0 Å². The molecule has 1 fully saturated rings. The highest BCUT2D eigenvalue weighted by Gasteiger charge is 2.33. The second-order valence-electron chi connectivity index (χ2n) is 8.20. The van der Waals surface area contributed by atoms with E-state index in [0.717, 1.165) is 37.4 Å². The molecule has 5 rings (SSSR count). The number of amidine groups is 1. The fourth-order valence-electron chi connectivity index (χ4n) is 3.68. The molecule has 0 radical (unpaired) electrons. The number of para-hydroxylation sites is 1. The molecular formula is C30H23ClN2O2S2. The van der Waals surface area contributed by atoms with Gasteiger partial charge in [-0.05, 0) is 89.6 Å². The highest BCUT2D eigenvalue weighted by atomic mass is 35.5. The topological polar surface area (TPSA) is 41.9 Å². The van der Waals surface area contributed by atoms with Crippen molar-refractivity contribution in [2.24, 2.45) is 4.99 Å². The second-order valence-corrected chi connectivity index (χ2v) is 10.8. The van der Waals surface area contributed by atoms with Crippen LogP contribution >= 0.6 is 35.1 Å². The van der Waals surface area contributed by atoms with E-state index in [0.29, 0.717) is 16.6 Å². The molecule has 0 atom stereocenters. The molecule has 0 bridgehead atoms. The summed E-state index contributed by atoms with van der Waals surface area (Å²) in [5.74, 6) is 0.720. The van der Waals surface area contributed by atoms with Gasteiger partial charge in [0.1, 0.15) is 5.75 Å². The Morgan fingerprint density at radius 2 is 1.54 bits per heavy atom. The van der Waals surface area contributed by atoms with Gasteiger partial charge in [-0.2, -0.15) is 0 Å². The molecule has 1 saturated heterocycles. The van der Waals surface area contributed by atoms with E-state index in [2.05, 4.69) is 12.1 Å². The van der Waals surface area contributed by atoms with Crippen molar-refractivity contribution in [1.82, 2.24) is 4.90 Å². The van der Waals surface area contributed by atoms with E-state index in [-0.39, 0.29) is 5.91 Å². The van der Waals surface area contributed by atoms with Gasteiger partial charge < -0.3 is 4.74 Å².